The number of carbonyl (C=O) groups is 1. The lowest BCUT2D eigenvalue weighted by Crippen LogP contribution is -2.44. The van der Waals surface area contributed by atoms with Gasteiger partial charge in [0.1, 0.15) is 5.78 Å². The summed E-state index contributed by atoms with van der Waals surface area (Å²) in [6.45, 7) is 4.07. The second-order valence-corrected chi connectivity index (χ2v) is 4.25. The number of ketones is 1. The highest BCUT2D eigenvalue weighted by Crippen LogP contribution is 2.46. The number of carbonyl (C=O) groups excluding carboxylic acids is 1. The van der Waals surface area contributed by atoms with Gasteiger partial charge >= 0.3 is 0 Å². The van der Waals surface area contributed by atoms with Gasteiger partial charge in [-0.25, -0.2) is 0 Å². The van der Waals surface area contributed by atoms with Crippen LogP contribution in [-0.2, 0) is 9.53 Å². The van der Waals surface area contributed by atoms with Gasteiger partial charge in [0.25, 0.3) is 0 Å². The van der Waals surface area contributed by atoms with Gasteiger partial charge in [-0.2, -0.15) is 0 Å². The molecule has 2 aliphatic carbocycles. The molecule has 2 fully saturated rings. The van der Waals surface area contributed by atoms with Crippen molar-refractivity contribution in [3.63, 3.8) is 0 Å². The van der Waals surface area contributed by atoms with Crippen LogP contribution < -0.4 is 0 Å². The Morgan fingerprint density at radius 1 is 1.50 bits per heavy atom. The first-order chi connectivity index (χ1) is 5.68. The molecule has 0 heterocycles. The third-order valence-electron chi connectivity index (χ3n) is 3.02. The van der Waals surface area contributed by atoms with Crippen LogP contribution in [0.3, 0.4) is 0 Å². The highest BCUT2D eigenvalue weighted by Gasteiger charge is 2.49. The van der Waals surface area contributed by atoms with E-state index in [0.29, 0.717) is 11.7 Å². The van der Waals surface area contributed by atoms with Crippen LogP contribution in [-0.4, -0.2) is 18.0 Å². The number of hydrogen-bond acceptors (Lipinski definition) is 2. The van der Waals surface area contributed by atoms with Crippen LogP contribution in [0.5, 0.6) is 0 Å². The number of fused-ring (bicyclic) bond motifs is 1. The van der Waals surface area contributed by atoms with Crippen molar-refractivity contribution in [3.8, 4) is 0 Å². The summed E-state index contributed by atoms with van der Waals surface area (Å²) in [5, 5.41) is 0. The molecule has 2 nitrogen and oxygen atoms in total. The fraction of sp³-hybridized carbons (Fsp3) is 0.900. The maximum Gasteiger partial charge on any atom is 0.138 e. The van der Waals surface area contributed by atoms with Crippen molar-refractivity contribution >= 4 is 5.78 Å². The van der Waals surface area contributed by atoms with Gasteiger partial charge in [0.2, 0.25) is 0 Å². The van der Waals surface area contributed by atoms with Gasteiger partial charge in [-0.1, -0.05) is 0 Å². The SMILES string of the molecule is CC(C)OC1CC2CCC(=O)C21. The van der Waals surface area contributed by atoms with Crippen LogP contribution >= 0.6 is 0 Å². The molecule has 68 valence electrons. The summed E-state index contributed by atoms with van der Waals surface area (Å²) < 4.78 is 5.65. The van der Waals surface area contributed by atoms with Gasteiger partial charge in [0.05, 0.1) is 12.2 Å². The third-order valence-corrected chi connectivity index (χ3v) is 3.02. The van der Waals surface area contributed by atoms with E-state index in [0.717, 1.165) is 19.3 Å². The first-order valence-electron chi connectivity index (χ1n) is 4.86. The molecule has 0 aromatic rings. The summed E-state index contributed by atoms with van der Waals surface area (Å²) in [6.07, 6.45) is 3.55. The topological polar surface area (TPSA) is 26.3 Å². The zero-order valence-corrected chi connectivity index (χ0v) is 7.75. The molecule has 0 spiro atoms. The highest BCUT2D eigenvalue weighted by molar-refractivity contribution is 5.85. The summed E-state index contributed by atoms with van der Waals surface area (Å²) in [5.74, 6) is 1.38. The van der Waals surface area contributed by atoms with Crippen molar-refractivity contribution in [3.05, 3.63) is 0 Å². The predicted molar refractivity (Wildman–Crippen MR) is 45.8 cm³/mol. The molecule has 2 heteroatoms. The molecule has 0 radical (unpaired) electrons. The Kier molecular flexibility index (Phi) is 1.95. The monoisotopic (exact) mass is 168 g/mol. The maximum absolute atomic E-state index is 11.3. The van der Waals surface area contributed by atoms with Gasteiger partial charge in [-0.05, 0) is 32.6 Å². The van der Waals surface area contributed by atoms with E-state index in [1.165, 1.54) is 0 Å². The summed E-state index contributed by atoms with van der Waals surface area (Å²) >= 11 is 0. The summed E-state index contributed by atoms with van der Waals surface area (Å²) in [7, 11) is 0. The van der Waals surface area contributed by atoms with E-state index in [-0.39, 0.29) is 18.1 Å². The molecule has 2 aliphatic rings. The van der Waals surface area contributed by atoms with Gasteiger partial charge in [-0.15, -0.1) is 0 Å². The van der Waals surface area contributed by atoms with Crippen molar-refractivity contribution in [2.45, 2.75) is 45.3 Å². The number of ether oxygens (including phenoxy) is 1. The summed E-state index contributed by atoms with van der Waals surface area (Å²) in [4.78, 5) is 11.3. The largest absolute Gasteiger partial charge is 0.375 e. The fourth-order valence-corrected chi connectivity index (χ4v) is 2.45. The quantitative estimate of drug-likeness (QED) is 0.628. The van der Waals surface area contributed by atoms with Crippen molar-refractivity contribution in [1.29, 1.82) is 0 Å². The van der Waals surface area contributed by atoms with E-state index in [4.69, 9.17) is 4.74 Å². The predicted octanol–water partition coefficient (Wildman–Crippen LogP) is 1.78. The average Bonchev–Trinajstić information content (AvgIpc) is 2.20. The highest BCUT2D eigenvalue weighted by atomic mass is 16.5. The van der Waals surface area contributed by atoms with Gasteiger partial charge in [0, 0.05) is 12.3 Å². The first kappa shape index (κ1) is 8.24. The lowest BCUT2D eigenvalue weighted by molar-refractivity contribution is -0.141. The van der Waals surface area contributed by atoms with Crippen molar-refractivity contribution in [1.82, 2.24) is 0 Å². The molecule has 0 aliphatic heterocycles. The van der Waals surface area contributed by atoms with Crippen LogP contribution in [0.2, 0.25) is 0 Å². The molecule has 3 unspecified atom stereocenters. The van der Waals surface area contributed by atoms with Crippen LogP contribution in [0.25, 0.3) is 0 Å². The number of Topliss-reactive ketones (excluding diaryl/α,β-unsaturated/α-hetero) is 1. The third kappa shape index (κ3) is 1.18. The van der Waals surface area contributed by atoms with Crippen LogP contribution in [0, 0.1) is 11.8 Å². The van der Waals surface area contributed by atoms with Gasteiger partial charge in [0.15, 0.2) is 0 Å². The Morgan fingerprint density at radius 2 is 2.25 bits per heavy atom. The van der Waals surface area contributed by atoms with Crippen molar-refractivity contribution in [2.75, 3.05) is 0 Å². The normalized spacial score (nSPS) is 39.9. The van der Waals surface area contributed by atoms with Crippen molar-refractivity contribution in [2.24, 2.45) is 11.8 Å². The van der Waals surface area contributed by atoms with E-state index < -0.39 is 0 Å². The van der Waals surface area contributed by atoms with Crippen LogP contribution in [0.4, 0.5) is 0 Å². The van der Waals surface area contributed by atoms with E-state index >= 15 is 0 Å². The summed E-state index contributed by atoms with van der Waals surface area (Å²) in [6, 6.07) is 0. The first-order valence-corrected chi connectivity index (χ1v) is 4.86. The minimum atomic E-state index is 0.255. The molecule has 0 saturated heterocycles. The molecule has 3 atom stereocenters. The molecular weight excluding hydrogens is 152 g/mol. The second-order valence-electron chi connectivity index (χ2n) is 4.25. The van der Waals surface area contributed by atoms with Crippen LogP contribution in [0.15, 0.2) is 0 Å². The smallest absolute Gasteiger partial charge is 0.138 e. The molecule has 0 N–H and O–H groups in total. The number of hydrogen-bond donors (Lipinski definition) is 0. The fourth-order valence-electron chi connectivity index (χ4n) is 2.45. The molecule has 0 amide bonds. The average molecular weight is 168 g/mol. The zero-order valence-electron chi connectivity index (χ0n) is 7.75. The second kappa shape index (κ2) is 2.84. The number of rotatable bonds is 2. The van der Waals surface area contributed by atoms with Crippen LogP contribution in [0.1, 0.15) is 33.1 Å². The molecule has 0 aromatic heterocycles. The Bertz CT molecular complexity index is 198. The van der Waals surface area contributed by atoms with Gasteiger partial charge in [-0.3, -0.25) is 4.79 Å². The minimum absolute atomic E-state index is 0.255. The minimum Gasteiger partial charge on any atom is -0.375 e. The Hall–Kier alpha value is -0.370. The molecule has 2 saturated carbocycles. The van der Waals surface area contributed by atoms with E-state index in [1.54, 1.807) is 0 Å². The van der Waals surface area contributed by atoms with Gasteiger partial charge < -0.3 is 4.74 Å². The molecular formula is C10H16O2. The maximum atomic E-state index is 11.3. The molecule has 0 bridgehead atoms. The standard InChI is InChI=1S/C10H16O2/c1-6(2)12-9-5-7-3-4-8(11)10(7)9/h6-7,9-10H,3-5H2,1-2H3. The summed E-state index contributed by atoms with van der Waals surface area (Å²) in [5.41, 5.74) is 0. The molecule has 2 rings (SSSR count). The Morgan fingerprint density at radius 3 is 2.83 bits per heavy atom. The van der Waals surface area contributed by atoms with E-state index in [2.05, 4.69) is 0 Å². The Labute approximate surface area is 73.3 Å². The van der Waals surface area contributed by atoms with E-state index in [1.807, 2.05) is 13.8 Å². The molecule has 0 aromatic carbocycles. The Balaban J connectivity index is 1.92. The lowest BCUT2D eigenvalue weighted by Gasteiger charge is -2.39. The van der Waals surface area contributed by atoms with Crippen molar-refractivity contribution < 1.29 is 9.53 Å². The molecule has 12 heavy (non-hydrogen) atoms. The lowest BCUT2D eigenvalue weighted by atomic mass is 9.73. The van der Waals surface area contributed by atoms with E-state index in [9.17, 15) is 4.79 Å². The zero-order chi connectivity index (χ0) is 8.72.